The van der Waals surface area contributed by atoms with Gasteiger partial charge in [-0.25, -0.2) is 0 Å². The Bertz CT molecular complexity index is 139. The molecule has 2 aliphatic rings. The second-order valence-electron chi connectivity index (χ2n) is 3.19. The highest BCUT2D eigenvalue weighted by molar-refractivity contribution is 4.69. The molecule has 0 bridgehead atoms. The lowest BCUT2D eigenvalue weighted by atomic mass is 10.5. The molecular formula is C8H14O5. The highest BCUT2D eigenvalue weighted by Crippen LogP contribution is 2.12. The number of aliphatic hydroxyl groups is 1. The molecule has 76 valence electrons. The van der Waals surface area contributed by atoms with Crippen molar-refractivity contribution in [1.29, 1.82) is 0 Å². The summed E-state index contributed by atoms with van der Waals surface area (Å²) in [6.07, 6.45) is -0.127. The van der Waals surface area contributed by atoms with Gasteiger partial charge in [-0.15, -0.1) is 0 Å². The van der Waals surface area contributed by atoms with E-state index in [0.717, 1.165) is 13.2 Å². The fraction of sp³-hybridized carbons (Fsp3) is 1.00. The van der Waals surface area contributed by atoms with Crippen molar-refractivity contribution < 1.29 is 24.1 Å². The number of hydrogen-bond donors (Lipinski definition) is 1. The van der Waals surface area contributed by atoms with Crippen molar-refractivity contribution in [3.05, 3.63) is 0 Å². The van der Waals surface area contributed by atoms with Crippen molar-refractivity contribution in [3.8, 4) is 0 Å². The van der Waals surface area contributed by atoms with Crippen molar-refractivity contribution in [3.63, 3.8) is 0 Å². The lowest BCUT2D eigenvalue weighted by Gasteiger charge is -2.14. The molecule has 2 heterocycles. The fourth-order valence-electron chi connectivity index (χ4n) is 0.911. The molecule has 2 atom stereocenters. The lowest BCUT2D eigenvalue weighted by molar-refractivity contribution is -0.166. The van der Waals surface area contributed by atoms with E-state index in [1.165, 1.54) is 0 Å². The Labute approximate surface area is 76.5 Å². The van der Waals surface area contributed by atoms with E-state index >= 15 is 0 Å². The highest BCUT2D eigenvalue weighted by atomic mass is 16.7. The molecule has 0 spiro atoms. The van der Waals surface area contributed by atoms with E-state index in [2.05, 4.69) is 0 Å². The molecular weight excluding hydrogens is 176 g/mol. The molecule has 0 radical (unpaired) electrons. The summed E-state index contributed by atoms with van der Waals surface area (Å²) in [6, 6.07) is 0. The monoisotopic (exact) mass is 190 g/mol. The lowest BCUT2D eigenvalue weighted by Crippen LogP contribution is -2.25. The Morgan fingerprint density at radius 3 is 1.92 bits per heavy atom. The predicted octanol–water partition coefficient (Wildman–Crippen LogP) is -0.864. The molecule has 1 N–H and O–H groups in total. The third kappa shape index (κ3) is 3.58. The van der Waals surface area contributed by atoms with Gasteiger partial charge >= 0.3 is 0 Å². The van der Waals surface area contributed by atoms with Gasteiger partial charge in [-0.05, 0) is 0 Å². The first-order valence-corrected chi connectivity index (χ1v) is 4.45. The molecule has 0 aromatic heterocycles. The topological polar surface area (TPSA) is 63.8 Å². The van der Waals surface area contributed by atoms with Gasteiger partial charge in [0, 0.05) is 0 Å². The van der Waals surface area contributed by atoms with Crippen LogP contribution >= 0.6 is 0 Å². The molecule has 0 aromatic rings. The minimum atomic E-state index is -0.534. The van der Waals surface area contributed by atoms with E-state index in [1.807, 2.05) is 0 Å². The van der Waals surface area contributed by atoms with Crippen LogP contribution in [0.1, 0.15) is 0 Å². The van der Waals surface area contributed by atoms with E-state index < -0.39 is 6.29 Å². The summed E-state index contributed by atoms with van der Waals surface area (Å²) in [4.78, 5) is 0. The molecule has 0 aliphatic carbocycles. The summed E-state index contributed by atoms with van der Waals surface area (Å²) in [5.74, 6) is 0. The maximum Gasteiger partial charge on any atom is 0.180 e. The molecule has 2 unspecified atom stereocenters. The third-order valence-electron chi connectivity index (χ3n) is 1.89. The first-order chi connectivity index (χ1) is 6.38. The van der Waals surface area contributed by atoms with Gasteiger partial charge in [0.1, 0.15) is 12.2 Å². The van der Waals surface area contributed by atoms with Gasteiger partial charge in [-0.1, -0.05) is 0 Å². The molecule has 0 saturated carbocycles. The summed E-state index contributed by atoms with van der Waals surface area (Å²) in [7, 11) is 0. The van der Waals surface area contributed by atoms with Crippen LogP contribution in [0.2, 0.25) is 0 Å². The first-order valence-electron chi connectivity index (χ1n) is 4.45. The SMILES string of the molecule is OCC(OCC1CO1)OCC1CO1. The summed E-state index contributed by atoms with van der Waals surface area (Å²) < 4.78 is 20.4. The maximum atomic E-state index is 8.86. The molecule has 2 fully saturated rings. The average Bonchev–Trinajstić information content (AvgIpc) is 3.01. The number of aliphatic hydroxyl groups excluding tert-OH is 1. The molecule has 5 nitrogen and oxygen atoms in total. The third-order valence-corrected chi connectivity index (χ3v) is 1.89. The van der Waals surface area contributed by atoms with Gasteiger partial charge in [0.2, 0.25) is 0 Å². The molecule has 0 aromatic carbocycles. The van der Waals surface area contributed by atoms with Crippen molar-refractivity contribution >= 4 is 0 Å². The van der Waals surface area contributed by atoms with Gasteiger partial charge in [-0.3, -0.25) is 0 Å². The van der Waals surface area contributed by atoms with Crippen LogP contribution in [0.25, 0.3) is 0 Å². The smallest absolute Gasteiger partial charge is 0.180 e. The predicted molar refractivity (Wildman–Crippen MR) is 42.3 cm³/mol. The average molecular weight is 190 g/mol. The van der Waals surface area contributed by atoms with Crippen molar-refractivity contribution in [2.45, 2.75) is 18.5 Å². The molecule has 2 saturated heterocycles. The summed E-state index contributed by atoms with van der Waals surface area (Å²) in [5.41, 5.74) is 0. The highest BCUT2D eigenvalue weighted by Gasteiger charge is 2.27. The molecule has 13 heavy (non-hydrogen) atoms. The van der Waals surface area contributed by atoms with E-state index in [0.29, 0.717) is 13.2 Å². The number of epoxide rings is 2. The zero-order valence-corrected chi connectivity index (χ0v) is 7.35. The Morgan fingerprint density at radius 2 is 1.62 bits per heavy atom. The Balaban J connectivity index is 1.53. The number of ether oxygens (including phenoxy) is 4. The Kier molecular flexibility index (Phi) is 3.13. The molecule has 0 amide bonds. The van der Waals surface area contributed by atoms with Gasteiger partial charge in [0.15, 0.2) is 6.29 Å². The summed E-state index contributed by atoms with van der Waals surface area (Å²) >= 11 is 0. The van der Waals surface area contributed by atoms with E-state index in [4.69, 9.17) is 24.1 Å². The minimum absolute atomic E-state index is 0.126. The van der Waals surface area contributed by atoms with Crippen molar-refractivity contribution in [2.75, 3.05) is 33.0 Å². The summed E-state index contributed by atoms with van der Waals surface area (Å²) in [5, 5.41) is 8.86. The van der Waals surface area contributed by atoms with Crippen molar-refractivity contribution in [1.82, 2.24) is 0 Å². The van der Waals surface area contributed by atoms with Gasteiger partial charge in [-0.2, -0.15) is 0 Å². The van der Waals surface area contributed by atoms with E-state index in [9.17, 15) is 0 Å². The zero-order valence-electron chi connectivity index (χ0n) is 7.35. The van der Waals surface area contributed by atoms with Crippen LogP contribution in [0.5, 0.6) is 0 Å². The fourth-order valence-corrected chi connectivity index (χ4v) is 0.911. The normalized spacial score (nSPS) is 33.0. The molecule has 2 aliphatic heterocycles. The second kappa shape index (κ2) is 4.34. The van der Waals surface area contributed by atoms with Crippen LogP contribution in [0.15, 0.2) is 0 Å². The van der Waals surface area contributed by atoms with Crippen LogP contribution < -0.4 is 0 Å². The van der Waals surface area contributed by atoms with E-state index in [1.54, 1.807) is 0 Å². The van der Waals surface area contributed by atoms with Crippen LogP contribution in [0.4, 0.5) is 0 Å². The van der Waals surface area contributed by atoms with Gasteiger partial charge in [0.25, 0.3) is 0 Å². The van der Waals surface area contributed by atoms with Crippen molar-refractivity contribution in [2.24, 2.45) is 0 Å². The van der Waals surface area contributed by atoms with Crippen LogP contribution in [-0.2, 0) is 18.9 Å². The largest absolute Gasteiger partial charge is 0.391 e. The number of rotatable bonds is 7. The summed E-state index contributed by atoms with van der Waals surface area (Å²) in [6.45, 7) is 2.38. The first kappa shape index (κ1) is 9.36. The van der Waals surface area contributed by atoms with Gasteiger partial charge in [0.05, 0.1) is 33.0 Å². The van der Waals surface area contributed by atoms with Crippen LogP contribution in [-0.4, -0.2) is 56.6 Å². The quantitative estimate of drug-likeness (QED) is 0.418. The van der Waals surface area contributed by atoms with Crippen LogP contribution in [0.3, 0.4) is 0 Å². The number of hydrogen-bond acceptors (Lipinski definition) is 5. The molecule has 5 heteroatoms. The van der Waals surface area contributed by atoms with E-state index in [-0.39, 0.29) is 18.8 Å². The maximum absolute atomic E-state index is 8.86. The van der Waals surface area contributed by atoms with Gasteiger partial charge < -0.3 is 24.1 Å². The van der Waals surface area contributed by atoms with Crippen LogP contribution in [0, 0.1) is 0 Å². The molecule has 2 rings (SSSR count). The Morgan fingerprint density at radius 1 is 1.15 bits per heavy atom. The second-order valence-corrected chi connectivity index (χ2v) is 3.19. The standard InChI is InChI=1S/C8H14O5/c9-1-8(12-4-6-2-10-6)13-5-7-3-11-7/h6-9H,1-5H2. The Hall–Kier alpha value is -0.200. The minimum Gasteiger partial charge on any atom is -0.391 e. The zero-order chi connectivity index (χ0) is 9.10.